The third-order valence-electron chi connectivity index (χ3n) is 4.15. The molecule has 0 bridgehead atoms. The fraction of sp³-hybridized carbons (Fsp3) is 0.0952. The smallest absolute Gasteiger partial charge is 0.338 e. The summed E-state index contributed by atoms with van der Waals surface area (Å²) in [5.74, 6) is 0.481. The van der Waals surface area contributed by atoms with Crippen molar-refractivity contribution in [2.75, 3.05) is 0 Å². The molecule has 5 nitrogen and oxygen atoms in total. The van der Waals surface area contributed by atoms with Gasteiger partial charge in [0.05, 0.1) is 22.3 Å². The van der Waals surface area contributed by atoms with Crippen LogP contribution in [0.5, 0.6) is 0 Å². The molecule has 2 aromatic heterocycles. The van der Waals surface area contributed by atoms with Gasteiger partial charge in [-0.25, -0.2) is 9.78 Å². The van der Waals surface area contributed by atoms with Crippen molar-refractivity contribution in [2.24, 2.45) is 0 Å². The lowest BCUT2D eigenvalue weighted by Crippen LogP contribution is -2.06. The second-order valence-corrected chi connectivity index (χ2v) is 5.93. The molecule has 0 aliphatic rings. The van der Waals surface area contributed by atoms with Crippen LogP contribution in [0.15, 0.2) is 72.9 Å². The molecular weight excluding hydrogens is 326 g/mol. The van der Waals surface area contributed by atoms with Gasteiger partial charge in [-0.05, 0) is 49.4 Å². The van der Waals surface area contributed by atoms with Gasteiger partial charge < -0.3 is 4.74 Å². The van der Waals surface area contributed by atoms with E-state index in [0.717, 1.165) is 22.5 Å². The van der Waals surface area contributed by atoms with Gasteiger partial charge in [-0.1, -0.05) is 24.3 Å². The third kappa shape index (κ3) is 3.07. The first-order valence-electron chi connectivity index (χ1n) is 8.34. The molecule has 4 aromatic rings. The fourth-order valence-corrected chi connectivity index (χ4v) is 2.94. The second kappa shape index (κ2) is 6.80. The zero-order valence-corrected chi connectivity index (χ0v) is 14.3. The van der Waals surface area contributed by atoms with Gasteiger partial charge >= 0.3 is 5.97 Å². The lowest BCUT2D eigenvalue weighted by atomic mass is 10.2. The van der Waals surface area contributed by atoms with Crippen LogP contribution in [-0.4, -0.2) is 20.5 Å². The maximum atomic E-state index is 12.3. The summed E-state index contributed by atoms with van der Waals surface area (Å²) in [7, 11) is 0. The van der Waals surface area contributed by atoms with E-state index in [9.17, 15) is 4.79 Å². The first-order chi connectivity index (χ1) is 12.7. The lowest BCUT2D eigenvalue weighted by molar-refractivity contribution is 0.0468. The summed E-state index contributed by atoms with van der Waals surface area (Å²) in [5, 5.41) is 0. The fourth-order valence-electron chi connectivity index (χ4n) is 2.94. The number of ether oxygens (including phenoxy) is 1. The minimum Gasteiger partial charge on any atom is -0.456 e. The molecule has 0 amide bonds. The van der Waals surface area contributed by atoms with Crippen LogP contribution in [0.4, 0.5) is 0 Å². The number of fused-ring (bicyclic) bond motifs is 1. The SMILES string of the molecule is Cc1nc2cc(C(=O)OCc3ccccn3)ccc2n1-c1ccccc1. The number of para-hydroxylation sites is 1. The molecule has 5 heteroatoms. The highest BCUT2D eigenvalue weighted by atomic mass is 16.5. The average molecular weight is 343 g/mol. The zero-order chi connectivity index (χ0) is 17.9. The largest absolute Gasteiger partial charge is 0.456 e. The predicted molar refractivity (Wildman–Crippen MR) is 99.2 cm³/mol. The van der Waals surface area contributed by atoms with Crippen molar-refractivity contribution in [1.82, 2.24) is 14.5 Å². The summed E-state index contributed by atoms with van der Waals surface area (Å²) >= 11 is 0. The van der Waals surface area contributed by atoms with Crippen molar-refractivity contribution < 1.29 is 9.53 Å². The molecule has 26 heavy (non-hydrogen) atoms. The van der Waals surface area contributed by atoms with Gasteiger partial charge in [-0.3, -0.25) is 9.55 Å². The van der Waals surface area contributed by atoms with Crippen molar-refractivity contribution in [3.63, 3.8) is 0 Å². The standard InChI is InChI=1S/C21H17N3O2/c1-15-23-19-13-16(21(25)26-14-17-7-5-6-12-22-17)10-11-20(19)24(15)18-8-3-2-4-9-18/h2-13H,14H2,1H3. The number of aromatic nitrogens is 3. The Morgan fingerprint density at radius 1 is 1.04 bits per heavy atom. The number of hydrogen-bond donors (Lipinski definition) is 0. The Morgan fingerprint density at radius 3 is 2.62 bits per heavy atom. The van der Waals surface area contributed by atoms with Crippen molar-refractivity contribution in [1.29, 1.82) is 0 Å². The van der Waals surface area contributed by atoms with E-state index in [4.69, 9.17) is 4.74 Å². The Balaban J connectivity index is 1.61. The molecule has 0 saturated heterocycles. The Morgan fingerprint density at radius 2 is 1.85 bits per heavy atom. The molecule has 4 rings (SSSR count). The van der Waals surface area contributed by atoms with E-state index < -0.39 is 0 Å². The first kappa shape index (κ1) is 16.0. The minimum atomic E-state index is -0.385. The molecule has 2 heterocycles. The molecule has 2 aromatic carbocycles. The number of rotatable bonds is 4. The van der Waals surface area contributed by atoms with Gasteiger partial charge in [0.15, 0.2) is 0 Å². The maximum absolute atomic E-state index is 12.3. The van der Waals surface area contributed by atoms with E-state index in [1.165, 1.54) is 0 Å². The van der Waals surface area contributed by atoms with E-state index in [1.54, 1.807) is 18.3 Å². The van der Waals surface area contributed by atoms with E-state index in [0.29, 0.717) is 11.3 Å². The van der Waals surface area contributed by atoms with Gasteiger partial charge in [0, 0.05) is 11.9 Å². The van der Waals surface area contributed by atoms with Crippen molar-refractivity contribution in [3.8, 4) is 5.69 Å². The number of carbonyl (C=O) groups is 1. The van der Waals surface area contributed by atoms with Crippen LogP contribution in [0.25, 0.3) is 16.7 Å². The van der Waals surface area contributed by atoms with Crippen LogP contribution < -0.4 is 0 Å². The summed E-state index contributed by atoms with van der Waals surface area (Å²) in [4.78, 5) is 21.1. The summed E-state index contributed by atoms with van der Waals surface area (Å²) < 4.78 is 7.42. The molecule has 0 aliphatic heterocycles. The van der Waals surface area contributed by atoms with Crippen molar-refractivity contribution >= 4 is 17.0 Å². The van der Waals surface area contributed by atoms with Gasteiger partial charge in [-0.15, -0.1) is 0 Å². The van der Waals surface area contributed by atoms with Crippen LogP contribution in [0.1, 0.15) is 21.9 Å². The Kier molecular flexibility index (Phi) is 4.19. The molecule has 0 atom stereocenters. The maximum Gasteiger partial charge on any atom is 0.338 e. The van der Waals surface area contributed by atoms with Gasteiger partial charge in [-0.2, -0.15) is 0 Å². The minimum absolute atomic E-state index is 0.148. The Labute approximate surface area is 150 Å². The number of pyridine rings is 1. The van der Waals surface area contributed by atoms with Crippen LogP contribution in [-0.2, 0) is 11.3 Å². The van der Waals surface area contributed by atoms with Crippen LogP contribution >= 0.6 is 0 Å². The molecule has 0 N–H and O–H groups in total. The van der Waals surface area contributed by atoms with Gasteiger partial charge in [0.25, 0.3) is 0 Å². The number of nitrogens with zero attached hydrogens (tertiary/aromatic N) is 3. The summed E-state index contributed by atoms with van der Waals surface area (Å²) in [6.45, 7) is 2.10. The predicted octanol–water partition coefficient (Wildman–Crippen LogP) is 4.09. The highest BCUT2D eigenvalue weighted by Gasteiger charge is 2.13. The van der Waals surface area contributed by atoms with E-state index in [-0.39, 0.29) is 12.6 Å². The van der Waals surface area contributed by atoms with Crippen LogP contribution in [0.2, 0.25) is 0 Å². The first-order valence-corrected chi connectivity index (χ1v) is 8.34. The monoisotopic (exact) mass is 343 g/mol. The number of esters is 1. The molecule has 0 aliphatic carbocycles. The molecule has 0 fully saturated rings. The topological polar surface area (TPSA) is 57.0 Å². The number of carbonyl (C=O) groups excluding carboxylic acids is 1. The van der Waals surface area contributed by atoms with Gasteiger partial charge in [0.1, 0.15) is 12.4 Å². The highest BCUT2D eigenvalue weighted by Crippen LogP contribution is 2.22. The van der Waals surface area contributed by atoms with Crippen LogP contribution in [0, 0.1) is 6.92 Å². The van der Waals surface area contributed by atoms with Gasteiger partial charge in [0.2, 0.25) is 0 Å². The number of aryl methyl sites for hydroxylation is 1. The number of benzene rings is 2. The summed E-state index contributed by atoms with van der Waals surface area (Å²) in [5.41, 5.74) is 3.95. The van der Waals surface area contributed by atoms with Crippen molar-refractivity contribution in [3.05, 3.63) is 90.0 Å². The number of hydrogen-bond acceptors (Lipinski definition) is 4. The second-order valence-electron chi connectivity index (χ2n) is 5.93. The molecule has 0 unspecified atom stereocenters. The van der Waals surface area contributed by atoms with E-state index >= 15 is 0 Å². The quantitative estimate of drug-likeness (QED) is 0.524. The Hall–Kier alpha value is -3.47. The number of imidazole rings is 1. The molecule has 0 saturated carbocycles. The van der Waals surface area contributed by atoms with Crippen LogP contribution in [0.3, 0.4) is 0 Å². The Bertz CT molecular complexity index is 1060. The molecule has 0 radical (unpaired) electrons. The van der Waals surface area contributed by atoms with E-state index in [2.05, 4.69) is 14.5 Å². The molecule has 128 valence electrons. The average Bonchev–Trinajstić information content (AvgIpc) is 3.02. The highest BCUT2D eigenvalue weighted by molar-refractivity contribution is 5.94. The molecular formula is C21H17N3O2. The normalized spacial score (nSPS) is 10.8. The summed E-state index contributed by atoms with van der Waals surface area (Å²) in [6, 6.07) is 21.0. The zero-order valence-electron chi connectivity index (χ0n) is 14.3. The van der Waals surface area contributed by atoms with E-state index in [1.807, 2.05) is 61.5 Å². The third-order valence-corrected chi connectivity index (χ3v) is 4.15. The molecule has 0 spiro atoms. The summed E-state index contributed by atoms with van der Waals surface area (Å²) in [6.07, 6.45) is 1.67. The lowest BCUT2D eigenvalue weighted by Gasteiger charge is -2.07. The van der Waals surface area contributed by atoms with Crippen molar-refractivity contribution in [2.45, 2.75) is 13.5 Å².